The Kier molecular flexibility index (Phi) is 9.40. The highest BCUT2D eigenvalue weighted by Crippen LogP contribution is 2.34. The first-order valence-electron chi connectivity index (χ1n) is 11.0. The molecular weight excluding hydrogens is 445 g/mol. The molecule has 1 aromatic carbocycles. The molecule has 0 aromatic heterocycles. The van der Waals surface area contributed by atoms with Crippen molar-refractivity contribution in [2.45, 2.75) is 59.2 Å². The summed E-state index contributed by atoms with van der Waals surface area (Å²) in [5.74, 6) is -2.90. The van der Waals surface area contributed by atoms with Crippen molar-refractivity contribution < 1.29 is 27.5 Å². The third-order valence-corrected chi connectivity index (χ3v) is 6.32. The second-order valence-electron chi connectivity index (χ2n) is 8.65. The SMILES string of the molecule is CCOC(=O)[C@H](C)Cc1ccc(Cl)c(NC(=O)[C@@H]([C@@H](C)C(F)(F)F)N2CCC(C)CC2)c1. The highest BCUT2D eigenvalue weighted by atomic mass is 35.5. The number of benzene rings is 1. The summed E-state index contributed by atoms with van der Waals surface area (Å²) in [4.78, 5) is 26.6. The lowest BCUT2D eigenvalue weighted by molar-refractivity contribution is -0.189. The van der Waals surface area contributed by atoms with Gasteiger partial charge < -0.3 is 10.1 Å². The van der Waals surface area contributed by atoms with Crippen LogP contribution in [0.3, 0.4) is 0 Å². The molecule has 9 heteroatoms. The van der Waals surface area contributed by atoms with Gasteiger partial charge in [-0.2, -0.15) is 13.2 Å². The van der Waals surface area contributed by atoms with Crippen LogP contribution in [-0.4, -0.2) is 48.7 Å². The molecule has 1 saturated heterocycles. The van der Waals surface area contributed by atoms with Crippen LogP contribution in [-0.2, 0) is 20.7 Å². The Morgan fingerprint density at radius 1 is 1.25 bits per heavy atom. The first kappa shape index (κ1) is 26.5. The molecule has 3 atom stereocenters. The lowest BCUT2D eigenvalue weighted by Crippen LogP contribution is -2.54. The Bertz CT molecular complexity index is 795. The number of rotatable bonds is 8. The maximum atomic E-state index is 13.6. The van der Waals surface area contributed by atoms with Crippen LogP contribution in [0.15, 0.2) is 18.2 Å². The summed E-state index contributed by atoms with van der Waals surface area (Å²) in [5.41, 5.74) is 0.951. The first-order valence-corrected chi connectivity index (χ1v) is 11.4. The van der Waals surface area contributed by atoms with Crippen LogP contribution in [0.1, 0.15) is 46.1 Å². The molecule has 1 aliphatic rings. The van der Waals surface area contributed by atoms with E-state index in [4.69, 9.17) is 16.3 Å². The van der Waals surface area contributed by atoms with Crippen molar-refractivity contribution in [2.24, 2.45) is 17.8 Å². The van der Waals surface area contributed by atoms with Gasteiger partial charge in [0, 0.05) is 0 Å². The van der Waals surface area contributed by atoms with Gasteiger partial charge in [-0.15, -0.1) is 0 Å². The number of carbonyl (C=O) groups is 2. The molecule has 1 aliphatic heterocycles. The van der Waals surface area contributed by atoms with E-state index in [1.165, 1.54) is 0 Å². The number of piperidine rings is 1. The summed E-state index contributed by atoms with van der Waals surface area (Å²) in [6.45, 7) is 7.70. The van der Waals surface area contributed by atoms with E-state index in [9.17, 15) is 22.8 Å². The zero-order valence-corrected chi connectivity index (χ0v) is 19.7. The summed E-state index contributed by atoms with van der Waals surface area (Å²) in [7, 11) is 0. The zero-order chi connectivity index (χ0) is 24.1. The van der Waals surface area contributed by atoms with Crippen molar-refractivity contribution in [3.05, 3.63) is 28.8 Å². The lowest BCUT2D eigenvalue weighted by Gasteiger charge is -2.39. The monoisotopic (exact) mass is 476 g/mol. The first-order chi connectivity index (χ1) is 14.9. The van der Waals surface area contributed by atoms with E-state index in [0.717, 1.165) is 25.3 Å². The lowest BCUT2D eigenvalue weighted by atomic mass is 9.92. The molecule has 0 radical (unpaired) electrons. The standard InChI is InChI=1S/C23H32ClF3N2O3/c1-5-32-22(31)15(3)12-17-6-7-18(24)19(13-17)28-21(30)20(16(4)23(25,26)27)29-10-8-14(2)9-11-29/h6-7,13-16,20H,5,8-12H2,1-4H3,(H,28,30)/t15-,16-,20-/m1/s1. The van der Waals surface area contributed by atoms with Crippen LogP contribution >= 0.6 is 11.6 Å². The topological polar surface area (TPSA) is 58.6 Å². The van der Waals surface area contributed by atoms with Crippen molar-refractivity contribution >= 4 is 29.2 Å². The molecule has 1 heterocycles. The smallest absolute Gasteiger partial charge is 0.393 e. The highest BCUT2D eigenvalue weighted by molar-refractivity contribution is 6.33. The van der Waals surface area contributed by atoms with Crippen LogP contribution in [0.4, 0.5) is 18.9 Å². The molecule has 5 nitrogen and oxygen atoms in total. The summed E-state index contributed by atoms with van der Waals surface area (Å²) in [6, 6.07) is 3.54. The van der Waals surface area contributed by atoms with E-state index in [0.29, 0.717) is 25.4 Å². The molecule has 0 saturated carbocycles. The van der Waals surface area contributed by atoms with Gasteiger partial charge in [-0.25, -0.2) is 0 Å². The number of esters is 1. The Morgan fingerprint density at radius 3 is 2.44 bits per heavy atom. The molecule has 1 amide bonds. The molecule has 0 aliphatic carbocycles. The van der Waals surface area contributed by atoms with Gasteiger partial charge in [0.2, 0.25) is 5.91 Å². The van der Waals surface area contributed by atoms with E-state index in [-0.39, 0.29) is 23.3 Å². The minimum Gasteiger partial charge on any atom is -0.466 e. The van der Waals surface area contributed by atoms with Gasteiger partial charge in [-0.05, 0) is 62.9 Å². The highest BCUT2D eigenvalue weighted by Gasteiger charge is 2.47. The fourth-order valence-electron chi connectivity index (χ4n) is 3.92. The van der Waals surface area contributed by atoms with Gasteiger partial charge >= 0.3 is 12.1 Å². The number of alkyl halides is 3. The van der Waals surface area contributed by atoms with Crippen LogP contribution < -0.4 is 5.32 Å². The van der Waals surface area contributed by atoms with Crippen molar-refractivity contribution in [3.8, 4) is 0 Å². The number of nitrogens with one attached hydrogen (secondary N) is 1. The molecule has 1 fully saturated rings. The Hall–Kier alpha value is -1.80. The average Bonchev–Trinajstić information content (AvgIpc) is 2.71. The van der Waals surface area contributed by atoms with E-state index in [2.05, 4.69) is 12.2 Å². The summed E-state index contributed by atoms with van der Waals surface area (Å²) in [6.07, 6.45) is -2.66. The van der Waals surface area contributed by atoms with Crippen molar-refractivity contribution in [3.63, 3.8) is 0 Å². The summed E-state index contributed by atoms with van der Waals surface area (Å²) in [5, 5.41) is 2.83. The summed E-state index contributed by atoms with van der Waals surface area (Å²) < 4.78 is 45.7. The summed E-state index contributed by atoms with van der Waals surface area (Å²) >= 11 is 6.23. The Labute approximate surface area is 192 Å². The number of amides is 1. The maximum Gasteiger partial charge on any atom is 0.393 e. The van der Waals surface area contributed by atoms with Crippen LogP contribution in [0.2, 0.25) is 5.02 Å². The van der Waals surface area contributed by atoms with Crippen molar-refractivity contribution in [2.75, 3.05) is 25.0 Å². The van der Waals surface area contributed by atoms with Crippen LogP contribution in [0.5, 0.6) is 0 Å². The normalized spacial score (nSPS) is 18.6. The van der Waals surface area contributed by atoms with Gasteiger partial charge in [-0.3, -0.25) is 14.5 Å². The Balaban J connectivity index is 2.22. The predicted molar refractivity (Wildman–Crippen MR) is 119 cm³/mol. The van der Waals surface area contributed by atoms with Crippen LogP contribution in [0, 0.1) is 17.8 Å². The van der Waals surface area contributed by atoms with Gasteiger partial charge in [0.1, 0.15) is 6.04 Å². The second kappa shape index (κ2) is 11.4. The third kappa shape index (κ3) is 7.10. The minimum absolute atomic E-state index is 0.219. The number of likely N-dealkylation sites (tertiary alicyclic amines) is 1. The molecule has 1 N–H and O–H groups in total. The number of nitrogens with zero attached hydrogens (tertiary/aromatic N) is 1. The molecule has 180 valence electrons. The molecule has 0 unspecified atom stereocenters. The van der Waals surface area contributed by atoms with E-state index in [1.807, 2.05) is 0 Å². The number of halogens is 4. The molecule has 1 aromatic rings. The van der Waals surface area contributed by atoms with Gasteiger partial charge in [0.15, 0.2) is 0 Å². The quantitative estimate of drug-likeness (QED) is 0.516. The van der Waals surface area contributed by atoms with Crippen LogP contribution in [0.25, 0.3) is 0 Å². The zero-order valence-electron chi connectivity index (χ0n) is 19.0. The molecule has 32 heavy (non-hydrogen) atoms. The van der Waals surface area contributed by atoms with Gasteiger partial charge in [0.05, 0.1) is 29.2 Å². The fourth-order valence-corrected chi connectivity index (χ4v) is 4.08. The largest absolute Gasteiger partial charge is 0.466 e. The Morgan fingerprint density at radius 2 is 1.88 bits per heavy atom. The maximum absolute atomic E-state index is 13.6. The van der Waals surface area contributed by atoms with E-state index < -0.39 is 30.0 Å². The van der Waals surface area contributed by atoms with E-state index >= 15 is 0 Å². The number of ether oxygens (including phenoxy) is 1. The number of hydrogen-bond donors (Lipinski definition) is 1. The van der Waals surface area contributed by atoms with E-state index in [1.54, 1.807) is 36.9 Å². The number of carbonyl (C=O) groups excluding carboxylic acids is 2. The van der Waals surface area contributed by atoms with Crippen molar-refractivity contribution in [1.29, 1.82) is 0 Å². The molecule has 2 rings (SSSR count). The van der Waals surface area contributed by atoms with Crippen molar-refractivity contribution in [1.82, 2.24) is 4.90 Å². The fraction of sp³-hybridized carbons (Fsp3) is 0.652. The van der Waals surface area contributed by atoms with Gasteiger partial charge in [-0.1, -0.05) is 38.4 Å². The predicted octanol–water partition coefficient (Wildman–Crippen LogP) is 5.32. The molecule has 0 spiro atoms. The third-order valence-electron chi connectivity index (χ3n) is 5.99. The number of anilines is 1. The minimum atomic E-state index is -4.51. The molecule has 0 bridgehead atoms. The number of hydrogen-bond acceptors (Lipinski definition) is 4. The molecular formula is C23H32ClF3N2O3. The second-order valence-corrected chi connectivity index (χ2v) is 9.06. The van der Waals surface area contributed by atoms with Gasteiger partial charge in [0.25, 0.3) is 0 Å². The average molecular weight is 477 g/mol.